The van der Waals surface area contributed by atoms with Gasteiger partial charge in [0.15, 0.2) is 0 Å². The standard InChI is InChI=1S/C8H7N5O/c14-8(6-1-9-5-10-2-6)13-7-3-11-12-4-7/h1-5H,(H,11,12)(H,13,14). The first-order chi connectivity index (χ1) is 6.86. The zero-order valence-corrected chi connectivity index (χ0v) is 7.14. The maximum Gasteiger partial charge on any atom is 0.258 e. The molecule has 0 bridgehead atoms. The fourth-order valence-corrected chi connectivity index (χ4v) is 0.939. The number of aromatic nitrogens is 4. The van der Waals surface area contributed by atoms with Gasteiger partial charge in [-0.25, -0.2) is 9.97 Å². The summed E-state index contributed by atoms with van der Waals surface area (Å²) in [5.41, 5.74) is 1.02. The van der Waals surface area contributed by atoms with Crippen molar-refractivity contribution in [2.45, 2.75) is 0 Å². The minimum atomic E-state index is -0.257. The van der Waals surface area contributed by atoms with E-state index in [1.807, 2.05) is 0 Å². The van der Waals surface area contributed by atoms with Crippen LogP contribution in [0.1, 0.15) is 10.4 Å². The zero-order valence-electron chi connectivity index (χ0n) is 7.14. The second kappa shape index (κ2) is 3.65. The van der Waals surface area contributed by atoms with Crippen molar-refractivity contribution in [3.8, 4) is 0 Å². The van der Waals surface area contributed by atoms with Gasteiger partial charge in [-0.2, -0.15) is 5.10 Å². The van der Waals surface area contributed by atoms with Crippen LogP contribution in [0.4, 0.5) is 5.69 Å². The monoisotopic (exact) mass is 189 g/mol. The molecule has 70 valence electrons. The molecule has 0 aliphatic heterocycles. The SMILES string of the molecule is O=C(Nc1cn[nH]c1)c1cncnc1. The summed E-state index contributed by atoms with van der Waals surface area (Å²) in [6.45, 7) is 0. The number of nitrogens with zero attached hydrogens (tertiary/aromatic N) is 3. The predicted octanol–water partition coefficient (Wildman–Crippen LogP) is 0.452. The van der Waals surface area contributed by atoms with E-state index in [0.717, 1.165) is 0 Å². The molecule has 2 N–H and O–H groups in total. The molecule has 6 heteroatoms. The number of rotatable bonds is 2. The van der Waals surface area contributed by atoms with Crippen molar-refractivity contribution >= 4 is 11.6 Å². The van der Waals surface area contributed by atoms with Gasteiger partial charge in [0.05, 0.1) is 17.4 Å². The summed E-state index contributed by atoms with van der Waals surface area (Å²) in [5, 5.41) is 8.91. The minimum Gasteiger partial charge on any atom is -0.319 e. The Bertz CT molecular complexity index is 411. The Morgan fingerprint density at radius 2 is 2.07 bits per heavy atom. The Morgan fingerprint density at radius 1 is 1.29 bits per heavy atom. The summed E-state index contributed by atoms with van der Waals surface area (Å²) in [4.78, 5) is 19.0. The Kier molecular flexibility index (Phi) is 2.18. The van der Waals surface area contributed by atoms with Crippen LogP contribution in [0.25, 0.3) is 0 Å². The first kappa shape index (κ1) is 8.36. The first-order valence-electron chi connectivity index (χ1n) is 3.91. The summed E-state index contributed by atoms with van der Waals surface area (Å²) in [5.74, 6) is -0.257. The highest BCUT2D eigenvalue weighted by Crippen LogP contribution is 2.04. The van der Waals surface area contributed by atoms with Crippen LogP contribution in [-0.2, 0) is 0 Å². The van der Waals surface area contributed by atoms with E-state index in [-0.39, 0.29) is 5.91 Å². The van der Waals surface area contributed by atoms with Gasteiger partial charge in [-0.15, -0.1) is 0 Å². The van der Waals surface area contributed by atoms with Gasteiger partial charge < -0.3 is 5.32 Å². The van der Waals surface area contributed by atoms with Crippen molar-refractivity contribution in [2.24, 2.45) is 0 Å². The highest BCUT2D eigenvalue weighted by molar-refractivity contribution is 6.03. The normalized spacial score (nSPS) is 9.71. The van der Waals surface area contributed by atoms with E-state index < -0.39 is 0 Å². The molecule has 0 fully saturated rings. The average molecular weight is 189 g/mol. The number of hydrogen-bond acceptors (Lipinski definition) is 4. The molecule has 0 spiro atoms. The summed E-state index contributed by atoms with van der Waals surface area (Å²) >= 11 is 0. The second-order valence-electron chi connectivity index (χ2n) is 2.57. The maximum atomic E-state index is 11.5. The lowest BCUT2D eigenvalue weighted by Gasteiger charge is -1.99. The Morgan fingerprint density at radius 3 is 2.71 bits per heavy atom. The van der Waals surface area contributed by atoms with Crippen molar-refractivity contribution < 1.29 is 4.79 Å². The van der Waals surface area contributed by atoms with E-state index >= 15 is 0 Å². The number of anilines is 1. The molecule has 0 unspecified atom stereocenters. The molecule has 2 heterocycles. The first-order valence-corrected chi connectivity index (χ1v) is 3.91. The van der Waals surface area contributed by atoms with E-state index in [0.29, 0.717) is 11.3 Å². The second-order valence-corrected chi connectivity index (χ2v) is 2.57. The third-order valence-corrected chi connectivity index (χ3v) is 1.58. The van der Waals surface area contributed by atoms with E-state index in [1.165, 1.54) is 24.9 Å². The van der Waals surface area contributed by atoms with Crippen LogP contribution < -0.4 is 5.32 Å². The largest absolute Gasteiger partial charge is 0.319 e. The molecule has 2 aromatic rings. The molecule has 0 saturated carbocycles. The summed E-state index contributed by atoms with van der Waals surface area (Å²) in [7, 11) is 0. The van der Waals surface area contributed by atoms with Crippen molar-refractivity contribution in [3.05, 3.63) is 36.7 Å². The van der Waals surface area contributed by atoms with Gasteiger partial charge in [0.25, 0.3) is 5.91 Å². The summed E-state index contributed by atoms with van der Waals surface area (Å²) < 4.78 is 0. The van der Waals surface area contributed by atoms with Crippen LogP contribution in [0.2, 0.25) is 0 Å². The van der Waals surface area contributed by atoms with Crippen LogP contribution in [-0.4, -0.2) is 26.1 Å². The quantitative estimate of drug-likeness (QED) is 0.718. The number of nitrogens with one attached hydrogen (secondary N) is 2. The van der Waals surface area contributed by atoms with Gasteiger partial charge in [0.2, 0.25) is 0 Å². The maximum absolute atomic E-state index is 11.5. The lowest BCUT2D eigenvalue weighted by Crippen LogP contribution is -2.11. The van der Waals surface area contributed by atoms with Crippen LogP contribution in [0.5, 0.6) is 0 Å². The van der Waals surface area contributed by atoms with Gasteiger partial charge in [-0.3, -0.25) is 9.89 Å². The molecule has 6 nitrogen and oxygen atoms in total. The lowest BCUT2D eigenvalue weighted by atomic mass is 10.3. The van der Waals surface area contributed by atoms with Crippen molar-refractivity contribution in [1.82, 2.24) is 20.2 Å². The van der Waals surface area contributed by atoms with E-state index in [4.69, 9.17) is 0 Å². The predicted molar refractivity (Wildman–Crippen MR) is 48.6 cm³/mol. The molecular weight excluding hydrogens is 182 g/mol. The van der Waals surface area contributed by atoms with Crippen molar-refractivity contribution in [2.75, 3.05) is 5.32 Å². The molecule has 0 aliphatic rings. The topological polar surface area (TPSA) is 83.6 Å². The molecule has 1 amide bonds. The third kappa shape index (κ3) is 1.74. The number of amides is 1. The zero-order chi connectivity index (χ0) is 9.80. The smallest absolute Gasteiger partial charge is 0.258 e. The van der Waals surface area contributed by atoms with E-state index in [1.54, 1.807) is 6.20 Å². The molecule has 14 heavy (non-hydrogen) atoms. The van der Waals surface area contributed by atoms with E-state index in [9.17, 15) is 4.79 Å². The summed E-state index contributed by atoms with van der Waals surface area (Å²) in [6.07, 6.45) is 7.36. The fourth-order valence-electron chi connectivity index (χ4n) is 0.939. The molecular formula is C8H7N5O. The van der Waals surface area contributed by atoms with Gasteiger partial charge in [-0.1, -0.05) is 0 Å². The average Bonchev–Trinajstić information content (AvgIpc) is 2.72. The van der Waals surface area contributed by atoms with Gasteiger partial charge in [0.1, 0.15) is 6.33 Å². The van der Waals surface area contributed by atoms with Crippen LogP contribution in [0.15, 0.2) is 31.1 Å². The molecule has 0 radical (unpaired) electrons. The van der Waals surface area contributed by atoms with Crippen LogP contribution in [0, 0.1) is 0 Å². The van der Waals surface area contributed by atoms with Gasteiger partial charge in [0, 0.05) is 18.6 Å². The molecule has 0 aromatic carbocycles. The lowest BCUT2D eigenvalue weighted by molar-refractivity contribution is 0.102. The number of carbonyl (C=O) groups is 1. The van der Waals surface area contributed by atoms with Crippen molar-refractivity contribution in [1.29, 1.82) is 0 Å². The highest BCUT2D eigenvalue weighted by atomic mass is 16.1. The van der Waals surface area contributed by atoms with Gasteiger partial charge in [-0.05, 0) is 0 Å². The Labute approximate surface area is 79.4 Å². The van der Waals surface area contributed by atoms with Gasteiger partial charge >= 0.3 is 0 Å². The molecule has 2 rings (SSSR count). The minimum absolute atomic E-state index is 0.257. The molecule has 2 aromatic heterocycles. The fraction of sp³-hybridized carbons (Fsp3) is 0. The van der Waals surface area contributed by atoms with Crippen molar-refractivity contribution in [3.63, 3.8) is 0 Å². The third-order valence-electron chi connectivity index (χ3n) is 1.58. The highest BCUT2D eigenvalue weighted by Gasteiger charge is 2.05. The van der Waals surface area contributed by atoms with E-state index in [2.05, 4.69) is 25.5 Å². The number of hydrogen-bond donors (Lipinski definition) is 2. The summed E-state index contributed by atoms with van der Waals surface area (Å²) in [6, 6.07) is 0. The number of H-pyrrole nitrogens is 1. The molecule has 0 aliphatic carbocycles. The van der Waals surface area contributed by atoms with Crippen LogP contribution >= 0.6 is 0 Å². The Balaban J connectivity index is 2.11. The number of aromatic amines is 1. The molecule has 0 saturated heterocycles. The van der Waals surface area contributed by atoms with Crippen LogP contribution in [0.3, 0.4) is 0 Å². The molecule has 0 atom stereocenters. The number of carbonyl (C=O) groups excluding carboxylic acids is 1. The Hall–Kier alpha value is -2.24.